The fourth-order valence-corrected chi connectivity index (χ4v) is 7.65. The van der Waals surface area contributed by atoms with Crippen molar-refractivity contribution in [3.63, 3.8) is 0 Å². The van der Waals surface area contributed by atoms with Crippen LogP contribution in [0.5, 0.6) is 0 Å². The van der Waals surface area contributed by atoms with E-state index >= 15 is 0 Å². The van der Waals surface area contributed by atoms with Crippen LogP contribution in [0, 0.1) is 23.7 Å². The molecule has 0 bridgehead atoms. The lowest BCUT2D eigenvalue weighted by Crippen LogP contribution is -2.41. The van der Waals surface area contributed by atoms with Crippen molar-refractivity contribution in [3.8, 4) is 0 Å². The Bertz CT molecular complexity index is 661. The summed E-state index contributed by atoms with van der Waals surface area (Å²) < 4.78 is 0. The largest absolute Gasteiger partial charge is 0.285 e. The van der Waals surface area contributed by atoms with E-state index in [1.165, 1.54) is 23.9 Å². The van der Waals surface area contributed by atoms with Gasteiger partial charge in [-0.1, -0.05) is 0 Å². The van der Waals surface area contributed by atoms with E-state index in [0.717, 1.165) is 0 Å². The first kappa shape index (κ1) is 19.5. The van der Waals surface area contributed by atoms with Gasteiger partial charge in [-0.3, -0.25) is 29.0 Å². The molecular formula is C18H22Cl2N2O4S. The molecule has 8 atom stereocenters. The standard InChI is InChI=1S/C18H22Cl2N2O4S/c1-21-15(23)7-3-11(19)13(5-9(7)17(21)25)27-14-6-10-8(4-12(14)20)16(24)22(2)18(10)26/h7-14H,3-6H2,1-2H3. The summed E-state index contributed by atoms with van der Waals surface area (Å²) in [5.41, 5.74) is 0. The van der Waals surface area contributed by atoms with Gasteiger partial charge in [0.15, 0.2) is 0 Å². The Morgan fingerprint density at radius 1 is 0.667 bits per heavy atom. The monoisotopic (exact) mass is 432 g/mol. The Morgan fingerprint density at radius 2 is 0.963 bits per heavy atom. The van der Waals surface area contributed by atoms with Crippen molar-refractivity contribution in [1.82, 2.24) is 9.80 Å². The molecule has 2 heterocycles. The lowest BCUT2D eigenvalue weighted by molar-refractivity contribution is -0.139. The van der Waals surface area contributed by atoms with Crippen LogP contribution in [0.1, 0.15) is 25.7 Å². The van der Waals surface area contributed by atoms with Crippen LogP contribution in [0.3, 0.4) is 0 Å². The van der Waals surface area contributed by atoms with E-state index in [4.69, 9.17) is 23.2 Å². The van der Waals surface area contributed by atoms with Crippen molar-refractivity contribution < 1.29 is 19.2 Å². The molecule has 4 aliphatic rings. The summed E-state index contributed by atoms with van der Waals surface area (Å²) >= 11 is 14.8. The summed E-state index contributed by atoms with van der Waals surface area (Å²) in [5.74, 6) is -1.74. The molecule has 8 unspecified atom stereocenters. The number of carbonyl (C=O) groups excluding carboxylic acids is 4. The molecular weight excluding hydrogens is 411 g/mol. The number of alkyl halides is 2. The second kappa shape index (κ2) is 6.92. The van der Waals surface area contributed by atoms with E-state index in [9.17, 15) is 19.2 Å². The highest BCUT2D eigenvalue weighted by molar-refractivity contribution is 8.00. The van der Waals surface area contributed by atoms with Crippen LogP contribution >= 0.6 is 35.0 Å². The van der Waals surface area contributed by atoms with E-state index in [1.807, 2.05) is 0 Å². The highest BCUT2D eigenvalue weighted by Gasteiger charge is 2.54. The third-order valence-corrected chi connectivity index (χ3v) is 9.65. The van der Waals surface area contributed by atoms with E-state index in [-0.39, 0.29) is 68.6 Å². The van der Waals surface area contributed by atoms with Gasteiger partial charge < -0.3 is 0 Å². The number of fused-ring (bicyclic) bond motifs is 2. The van der Waals surface area contributed by atoms with Gasteiger partial charge in [0, 0.05) is 35.3 Å². The number of halogens is 2. The fraction of sp³-hybridized carbons (Fsp3) is 0.778. The highest BCUT2D eigenvalue weighted by Crippen LogP contribution is 2.49. The molecule has 4 rings (SSSR count). The zero-order valence-electron chi connectivity index (χ0n) is 15.1. The van der Waals surface area contributed by atoms with E-state index in [0.29, 0.717) is 25.7 Å². The van der Waals surface area contributed by atoms with Gasteiger partial charge in [0.1, 0.15) is 0 Å². The van der Waals surface area contributed by atoms with Crippen molar-refractivity contribution in [3.05, 3.63) is 0 Å². The lowest BCUT2D eigenvalue weighted by atomic mass is 9.80. The molecule has 0 radical (unpaired) electrons. The Balaban J connectivity index is 1.46. The molecule has 0 N–H and O–H groups in total. The molecule has 27 heavy (non-hydrogen) atoms. The summed E-state index contributed by atoms with van der Waals surface area (Å²) in [6.45, 7) is 0. The number of imide groups is 2. The van der Waals surface area contributed by atoms with E-state index < -0.39 is 0 Å². The molecule has 0 aromatic heterocycles. The fourth-order valence-electron chi connectivity index (χ4n) is 5.05. The van der Waals surface area contributed by atoms with Crippen LogP contribution < -0.4 is 0 Å². The number of rotatable bonds is 2. The number of amides is 4. The molecule has 0 aromatic carbocycles. The molecule has 148 valence electrons. The summed E-state index contributed by atoms with van der Waals surface area (Å²) in [6, 6.07) is 0. The van der Waals surface area contributed by atoms with Crippen LogP contribution in [0.25, 0.3) is 0 Å². The quantitative estimate of drug-likeness (QED) is 0.490. The molecule has 6 nitrogen and oxygen atoms in total. The Hall–Kier alpha value is -0.790. The molecule has 9 heteroatoms. The maximum atomic E-state index is 12.4. The summed E-state index contributed by atoms with van der Waals surface area (Å²) in [4.78, 5) is 51.6. The van der Waals surface area contributed by atoms with Gasteiger partial charge >= 0.3 is 0 Å². The van der Waals surface area contributed by atoms with Crippen molar-refractivity contribution in [1.29, 1.82) is 0 Å². The van der Waals surface area contributed by atoms with E-state index in [2.05, 4.69) is 0 Å². The number of likely N-dealkylation sites (tertiary alicyclic amines) is 2. The topological polar surface area (TPSA) is 74.8 Å². The SMILES string of the molecule is CN1C(=O)C2CC(Cl)C(SC3CC4C(=O)N(C)C(=O)C4CC3Cl)CC2C1=O. The molecule has 2 aliphatic carbocycles. The normalized spacial score (nSPS) is 44.7. The van der Waals surface area contributed by atoms with Crippen LogP contribution in [-0.2, 0) is 19.2 Å². The predicted molar refractivity (Wildman–Crippen MR) is 102 cm³/mol. The van der Waals surface area contributed by atoms with Crippen LogP contribution in [0.15, 0.2) is 0 Å². The first-order chi connectivity index (χ1) is 12.7. The van der Waals surface area contributed by atoms with Gasteiger partial charge in [-0.05, 0) is 25.7 Å². The third-order valence-electron chi connectivity index (χ3n) is 6.65. The number of thioether (sulfide) groups is 1. The Morgan fingerprint density at radius 3 is 1.30 bits per heavy atom. The second-order valence-corrected chi connectivity index (χ2v) is 10.7. The van der Waals surface area contributed by atoms with Gasteiger partial charge in [-0.15, -0.1) is 23.2 Å². The molecule has 4 amide bonds. The summed E-state index contributed by atoms with van der Waals surface area (Å²) in [6.07, 6.45) is 2.09. The average molecular weight is 433 g/mol. The number of carbonyl (C=O) groups is 4. The minimum Gasteiger partial charge on any atom is -0.285 e. The molecule has 2 aliphatic heterocycles. The molecule has 0 aromatic rings. The molecule has 0 spiro atoms. The number of nitrogens with zero attached hydrogens (tertiary/aromatic N) is 2. The smallest absolute Gasteiger partial charge is 0.232 e. The zero-order chi connectivity index (χ0) is 19.6. The summed E-state index contributed by atoms with van der Waals surface area (Å²) in [7, 11) is 3.06. The molecule has 2 saturated carbocycles. The maximum Gasteiger partial charge on any atom is 0.232 e. The van der Waals surface area contributed by atoms with Crippen molar-refractivity contribution in [2.24, 2.45) is 23.7 Å². The van der Waals surface area contributed by atoms with Gasteiger partial charge in [0.2, 0.25) is 23.6 Å². The minimum atomic E-state index is -0.313. The van der Waals surface area contributed by atoms with E-state index in [1.54, 1.807) is 11.8 Å². The average Bonchev–Trinajstić information content (AvgIpc) is 2.97. The van der Waals surface area contributed by atoms with Crippen molar-refractivity contribution in [2.75, 3.05) is 14.1 Å². The van der Waals surface area contributed by atoms with Gasteiger partial charge in [-0.25, -0.2) is 0 Å². The predicted octanol–water partition coefficient (Wildman–Crippen LogP) is 1.72. The highest BCUT2D eigenvalue weighted by atomic mass is 35.5. The van der Waals surface area contributed by atoms with Gasteiger partial charge in [0.25, 0.3) is 0 Å². The zero-order valence-corrected chi connectivity index (χ0v) is 17.5. The van der Waals surface area contributed by atoms with Crippen molar-refractivity contribution >= 4 is 58.6 Å². The first-order valence-electron chi connectivity index (χ1n) is 9.27. The first-order valence-corrected chi connectivity index (χ1v) is 11.1. The Labute approximate surface area is 172 Å². The lowest BCUT2D eigenvalue weighted by Gasteiger charge is -2.38. The number of hydrogen-bond acceptors (Lipinski definition) is 5. The Kier molecular flexibility index (Phi) is 5.00. The third kappa shape index (κ3) is 3.01. The van der Waals surface area contributed by atoms with Gasteiger partial charge in [-0.2, -0.15) is 11.8 Å². The van der Waals surface area contributed by atoms with Crippen LogP contribution in [-0.4, -0.2) is 68.8 Å². The molecule has 2 saturated heterocycles. The van der Waals surface area contributed by atoms with Crippen molar-refractivity contribution in [2.45, 2.75) is 46.9 Å². The van der Waals surface area contributed by atoms with Crippen LogP contribution in [0.2, 0.25) is 0 Å². The van der Waals surface area contributed by atoms with Gasteiger partial charge in [0.05, 0.1) is 23.7 Å². The summed E-state index contributed by atoms with van der Waals surface area (Å²) in [5, 5.41) is -0.429. The number of hydrogen-bond donors (Lipinski definition) is 0. The minimum absolute atomic E-state index is 0.00361. The second-order valence-electron chi connectivity index (χ2n) is 8.08. The maximum absolute atomic E-state index is 12.4. The molecule has 4 fully saturated rings. The van der Waals surface area contributed by atoms with Crippen LogP contribution in [0.4, 0.5) is 0 Å².